The Kier molecular flexibility index (Phi) is 9.51. The van der Waals surface area contributed by atoms with E-state index in [1.54, 1.807) is 13.0 Å². The van der Waals surface area contributed by atoms with Crippen LogP contribution in [-0.2, 0) is 22.6 Å². The van der Waals surface area contributed by atoms with Gasteiger partial charge in [-0.2, -0.15) is 0 Å². The van der Waals surface area contributed by atoms with Crippen LogP contribution in [0.2, 0.25) is 0 Å². The number of ether oxygens (including phenoxy) is 2. The normalized spacial score (nSPS) is 10.8. The first-order valence-corrected chi connectivity index (χ1v) is 13.2. The van der Waals surface area contributed by atoms with E-state index in [9.17, 15) is 14.4 Å². The minimum Gasteiger partial charge on any atom is -0.445 e. The molecule has 0 atom stereocenters. The number of esters is 1. The Morgan fingerprint density at radius 2 is 1.51 bits per heavy atom. The van der Waals surface area contributed by atoms with Gasteiger partial charge in [-0.15, -0.1) is 0 Å². The summed E-state index contributed by atoms with van der Waals surface area (Å²) in [6, 6.07) is 22.9. The molecule has 7 heteroatoms. The van der Waals surface area contributed by atoms with Crippen molar-refractivity contribution >= 4 is 23.0 Å². The van der Waals surface area contributed by atoms with Crippen molar-refractivity contribution in [2.75, 3.05) is 6.54 Å². The molecule has 0 saturated heterocycles. The SMILES string of the molecule is Cc1c(Cc2ccccc2)c(=O)oc2c(C)c(OC(=O)CCCCCNC(=O)OCc3ccccc3)ccc12. The second-order valence-electron chi connectivity index (χ2n) is 9.49. The van der Waals surface area contributed by atoms with E-state index in [1.165, 1.54) is 0 Å². The summed E-state index contributed by atoms with van der Waals surface area (Å²) in [6.07, 6.45) is 2.38. The van der Waals surface area contributed by atoms with Gasteiger partial charge in [0.2, 0.25) is 0 Å². The van der Waals surface area contributed by atoms with Gasteiger partial charge >= 0.3 is 17.7 Å². The standard InChI is InChI=1S/C32H33NO6/c1-22-26-17-18-28(23(2)30(26)39-31(35)27(22)20-24-12-6-3-7-13-24)38-29(34)16-10-5-11-19-33-32(36)37-21-25-14-8-4-9-15-25/h3-4,6-9,12-15,17-18H,5,10-11,16,19-21H2,1-2H3,(H,33,36). The van der Waals surface area contributed by atoms with Crippen LogP contribution < -0.4 is 15.7 Å². The molecule has 39 heavy (non-hydrogen) atoms. The largest absolute Gasteiger partial charge is 0.445 e. The van der Waals surface area contributed by atoms with E-state index in [1.807, 2.05) is 73.7 Å². The van der Waals surface area contributed by atoms with E-state index >= 15 is 0 Å². The smallest absolute Gasteiger partial charge is 0.407 e. The molecule has 0 spiro atoms. The lowest BCUT2D eigenvalue weighted by Crippen LogP contribution is -2.25. The highest BCUT2D eigenvalue weighted by molar-refractivity contribution is 5.86. The predicted molar refractivity (Wildman–Crippen MR) is 150 cm³/mol. The molecule has 0 saturated carbocycles. The van der Waals surface area contributed by atoms with Crippen LogP contribution in [-0.4, -0.2) is 18.6 Å². The minimum absolute atomic E-state index is 0.227. The van der Waals surface area contributed by atoms with E-state index in [4.69, 9.17) is 13.9 Å². The van der Waals surface area contributed by atoms with Crippen molar-refractivity contribution in [3.63, 3.8) is 0 Å². The van der Waals surface area contributed by atoms with Gasteiger partial charge in [0.05, 0.1) is 0 Å². The van der Waals surface area contributed by atoms with Crippen LogP contribution >= 0.6 is 0 Å². The van der Waals surface area contributed by atoms with E-state index in [-0.39, 0.29) is 24.6 Å². The molecule has 4 aromatic rings. The molecule has 0 aliphatic heterocycles. The molecular formula is C32H33NO6. The van der Waals surface area contributed by atoms with Crippen molar-refractivity contribution in [3.05, 3.63) is 111 Å². The first-order valence-electron chi connectivity index (χ1n) is 13.2. The number of rotatable bonds is 11. The zero-order chi connectivity index (χ0) is 27.6. The van der Waals surface area contributed by atoms with Crippen LogP contribution in [0.25, 0.3) is 11.0 Å². The molecule has 0 bridgehead atoms. The maximum atomic E-state index is 12.8. The number of aryl methyl sites for hydroxylation is 2. The van der Waals surface area contributed by atoms with Crippen molar-refractivity contribution in [1.29, 1.82) is 0 Å². The summed E-state index contributed by atoms with van der Waals surface area (Å²) in [4.78, 5) is 37.0. The highest BCUT2D eigenvalue weighted by Crippen LogP contribution is 2.30. The van der Waals surface area contributed by atoms with Crippen LogP contribution in [0.3, 0.4) is 0 Å². The molecule has 0 unspecified atom stereocenters. The number of nitrogens with one attached hydrogen (secondary N) is 1. The van der Waals surface area contributed by atoms with Crippen LogP contribution in [0.1, 0.15) is 53.5 Å². The average Bonchev–Trinajstić information content (AvgIpc) is 2.94. The molecule has 7 nitrogen and oxygen atoms in total. The highest BCUT2D eigenvalue weighted by Gasteiger charge is 2.17. The van der Waals surface area contributed by atoms with Crippen LogP contribution in [0.15, 0.2) is 82.0 Å². The van der Waals surface area contributed by atoms with E-state index < -0.39 is 6.09 Å². The third kappa shape index (κ3) is 7.57. The quantitative estimate of drug-likeness (QED) is 0.105. The van der Waals surface area contributed by atoms with E-state index in [0.717, 1.165) is 34.9 Å². The zero-order valence-corrected chi connectivity index (χ0v) is 22.3. The lowest BCUT2D eigenvalue weighted by atomic mass is 9.98. The minimum atomic E-state index is -0.459. The third-order valence-corrected chi connectivity index (χ3v) is 6.64. The fraction of sp³-hybridized carbons (Fsp3) is 0.281. The lowest BCUT2D eigenvalue weighted by molar-refractivity contribution is -0.134. The number of hydrogen-bond acceptors (Lipinski definition) is 6. The highest BCUT2D eigenvalue weighted by atomic mass is 16.5. The molecule has 0 aliphatic carbocycles. The molecule has 0 aliphatic rings. The number of hydrogen-bond donors (Lipinski definition) is 1. The molecule has 1 amide bonds. The summed E-state index contributed by atoms with van der Waals surface area (Å²) in [5, 5.41) is 3.54. The molecule has 1 N–H and O–H groups in total. The Morgan fingerprint density at radius 3 is 2.23 bits per heavy atom. The topological polar surface area (TPSA) is 94.8 Å². The maximum Gasteiger partial charge on any atom is 0.407 e. The maximum absolute atomic E-state index is 12.8. The monoisotopic (exact) mass is 527 g/mol. The van der Waals surface area contributed by atoms with Gasteiger partial charge in [0.15, 0.2) is 0 Å². The Balaban J connectivity index is 1.24. The van der Waals surface area contributed by atoms with Gasteiger partial charge in [-0.05, 0) is 55.5 Å². The second kappa shape index (κ2) is 13.4. The van der Waals surface area contributed by atoms with Gasteiger partial charge in [-0.25, -0.2) is 9.59 Å². The van der Waals surface area contributed by atoms with Crippen LogP contribution in [0.4, 0.5) is 4.79 Å². The Labute approximate surface area is 227 Å². The van der Waals surface area contributed by atoms with Crippen LogP contribution in [0, 0.1) is 13.8 Å². The number of amides is 1. The first-order chi connectivity index (χ1) is 18.9. The summed E-state index contributed by atoms with van der Waals surface area (Å²) in [5.41, 5.74) is 4.12. The summed E-state index contributed by atoms with van der Waals surface area (Å²) >= 11 is 0. The van der Waals surface area contributed by atoms with E-state index in [0.29, 0.717) is 41.8 Å². The van der Waals surface area contributed by atoms with Gasteiger partial charge in [-0.1, -0.05) is 67.1 Å². The Bertz CT molecular complexity index is 1480. The number of benzene rings is 3. The van der Waals surface area contributed by atoms with Crippen molar-refractivity contribution < 1.29 is 23.5 Å². The summed E-state index contributed by atoms with van der Waals surface area (Å²) in [7, 11) is 0. The van der Waals surface area contributed by atoms with Crippen LogP contribution in [0.5, 0.6) is 5.75 Å². The second-order valence-corrected chi connectivity index (χ2v) is 9.49. The Hall–Kier alpha value is -4.39. The van der Waals surface area contributed by atoms with Gasteiger partial charge in [0.1, 0.15) is 17.9 Å². The van der Waals surface area contributed by atoms with Crippen molar-refractivity contribution in [2.45, 2.75) is 52.6 Å². The van der Waals surface area contributed by atoms with Gasteiger partial charge in [0, 0.05) is 35.9 Å². The predicted octanol–water partition coefficient (Wildman–Crippen LogP) is 6.39. The van der Waals surface area contributed by atoms with Crippen molar-refractivity contribution in [1.82, 2.24) is 5.32 Å². The van der Waals surface area contributed by atoms with Crippen molar-refractivity contribution in [2.24, 2.45) is 0 Å². The molecule has 1 aromatic heterocycles. The number of carbonyl (C=O) groups is 2. The molecular weight excluding hydrogens is 494 g/mol. The molecule has 3 aromatic carbocycles. The fourth-order valence-electron chi connectivity index (χ4n) is 4.40. The summed E-state index contributed by atoms with van der Waals surface area (Å²) in [6.45, 7) is 4.40. The van der Waals surface area contributed by atoms with Gasteiger partial charge in [-0.3, -0.25) is 4.79 Å². The Morgan fingerprint density at radius 1 is 0.821 bits per heavy atom. The molecule has 0 radical (unpaired) electrons. The fourth-order valence-corrected chi connectivity index (χ4v) is 4.40. The number of alkyl carbamates (subject to hydrolysis) is 1. The third-order valence-electron chi connectivity index (χ3n) is 6.64. The lowest BCUT2D eigenvalue weighted by Gasteiger charge is -2.12. The summed E-state index contributed by atoms with van der Waals surface area (Å²) < 4.78 is 16.5. The average molecular weight is 528 g/mol. The summed E-state index contributed by atoms with van der Waals surface area (Å²) in [5.74, 6) is 0.0288. The van der Waals surface area contributed by atoms with Gasteiger partial charge < -0.3 is 19.2 Å². The number of fused-ring (bicyclic) bond motifs is 1. The zero-order valence-electron chi connectivity index (χ0n) is 22.3. The molecule has 4 rings (SSSR count). The van der Waals surface area contributed by atoms with E-state index in [2.05, 4.69) is 5.32 Å². The van der Waals surface area contributed by atoms with Crippen molar-refractivity contribution in [3.8, 4) is 5.75 Å². The molecule has 202 valence electrons. The molecule has 0 fully saturated rings. The number of carbonyl (C=O) groups excluding carboxylic acids is 2. The first kappa shape index (κ1) is 27.6. The van der Waals surface area contributed by atoms with Gasteiger partial charge in [0.25, 0.3) is 0 Å². The molecule has 1 heterocycles. The number of unbranched alkanes of at least 4 members (excludes halogenated alkanes) is 2.